The summed E-state index contributed by atoms with van der Waals surface area (Å²) in [6.07, 6.45) is 3.89. The summed E-state index contributed by atoms with van der Waals surface area (Å²) in [5, 5.41) is 0. The number of ether oxygens (including phenoxy) is 2. The van der Waals surface area contributed by atoms with E-state index in [-0.39, 0.29) is 17.9 Å². The summed E-state index contributed by atoms with van der Waals surface area (Å²) in [4.78, 5) is 29.9. The molecular weight excluding hydrogens is 332 g/mol. The molecule has 0 N–H and O–H groups in total. The van der Waals surface area contributed by atoms with Crippen LogP contribution in [0.5, 0.6) is 5.75 Å². The molecule has 2 amide bonds. The molecule has 2 fully saturated rings. The van der Waals surface area contributed by atoms with E-state index in [9.17, 15) is 9.59 Å². The topological polar surface area (TPSA) is 59.1 Å². The zero-order valence-corrected chi connectivity index (χ0v) is 15.1. The zero-order valence-electron chi connectivity index (χ0n) is 15.1. The Balaban J connectivity index is 1.74. The molecule has 26 heavy (non-hydrogen) atoms. The highest BCUT2D eigenvalue weighted by atomic mass is 16.5. The van der Waals surface area contributed by atoms with Crippen molar-refractivity contribution in [1.82, 2.24) is 9.80 Å². The van der Waals surface area contributed by atoms with Gasteiger partial charge in [0.15, 0.2) is 0 Å². The van der Waals surface area contributed by atoms with E-state index in [1.54, 1.807) is 7.11 Å². The van der Waals surface area contributed by atoms with Crippen molar-refractivity contribution in [1.29, 1.82) is 0 Å². The van der Waals surface area contributed by atoms with Crippen LogP contribution in [0.15, 0.2) is 30.0 Å². The number of carbonyl (C=O) groups excluding carboxylic acids is 2. The van der Waals surface area contributed by atoms with E-state index in [1.165, 1.54) is 4.90 Å². The molecular formula is C20H24N2O4. The molecule has 0 radical (unpaired) electrons. The molecule has 4 rings (SSSR count). The van der Waals surface area contributed by atoms with Crippen LogP contribution < -0.4 is 4.74 Å². The van der Waals surface area contributed by atoms with E-state index in [2.05, 4.69) is 4.90 Å². The van der Waals surface area contributed by atoms with Crippen LogP contribution >= 0.6 is 0 Å². The first-order valence-corrected chi connectivity index (χ1v) is 9.31. The van der Waals surface area contributed by atoms with Crippen molar-refractivity contribution in [3.63, 3.8) is 0 Å². The molecule has 0 saturated carbocycles. The molecule has 138 valence electrons. The minimum atomic E-state index is -0.239. The number of benzene rings is 1. The lowest BCUT2D eigenvalue weighted by atomic mass is 10.0. The van der Waals surface area contributed by atoms with Gasteiger partial charge in [-0.1, -0.05) is 18.2 Å². The third kappa shape index (κ3) is 2.88. The number of methoxy groups -OCH3 is 1. The smallest absolute Gasteiger partial charge is 0.277 e. The molecule has 3 aliphatic rings. The lowest BCUT2D eigenvalue weighted by Crippen LogP contribution is -2.39. The fourth-order valence-electron chi connectivity index (χ4n) is 4.05. The molecule has 0 bridgehead atoms. The third-order valence-corrected chi connectivity index (χ3v) is 5.35. The summed E-state index contributed by atoms with van der Waals surface area (Å²) in [5.41, 5.74) is 1.67. The van der Waals surface area contributed by atoms with E-state index in [0.29, 0.717) is 35.7 Å². The maximum Gasteiger partial charge on any atom is 0.277 e. The minimum Gasteiger partial charge on any atom is -0.496 e. The Morgan fingerprint density at radius 3 is 2.58 bits per heavy atom. The molecule has 1 aromatic rings. The van der Waals surface area contributed by atoms with Crippen molar-refractivity contribution in [2.75, 3.05) is 33.4 Å². The van der Waals surface area contributed by atoms with Crippen molar-refractivity contribution in [2.24, 2.45) is 0 Å². The number of likely N-dealkylation sites (tertiary alicyclic amines) is 1. The second-order valence-corrected chi connectivity index (χ2v) is 6.97. The Bertz CT molecular complexity index is 746. The number of hydrogen-bond acceptors (Lipinski definition) is 5. The molecule has 3 aliphatic heterocycles. The van der Waals surface area contributed by atoms with Gasteiger partial charge in [-0.25, -0.2) is 0 Å². The van der Waals surface area contributed by atoms with Gasteiger partial charge in [0.05, 0.1) is 25.3 Å². The quantitative estimate of drug-likeness (QED) is 0.756. The Morgan fingerprint density at radius 2 is 1.88 bits per heavy atom. The Kier molecular flexibility index (Phi) is 4.68. The van der Waals surface area contributed by atoms with Crippen LogP contribution in [0.1, 0.15) is 31.2 Å². The molecule has 6 heteroatoms. The lowest BCUT2D eigenvalue weighted by Gasteiger charge is -2.21. The van der Waals surface area contributed by atoms with E-state index in [4.69, 9.17) is 9.47 Å². The van der Waals surface area contributed by atoms with Gasteiger partial charge in [0.1, 0.15) is 11.4 Å². The molecule has 1 aromatic carbocycles. The second-order valence-electron chi connectivity index (χ2n) is 6.97. The van der Waals surface area contributed by atoms with Crippen LogP contribution in [-0.2, 0) is 14.3 Å². The minimum absolute atomic E-state index is 0.0558. The van der Waals surface area contributed by atoms with Gasteiger partial charge in [0.25, 0.3) is 11.8 Å². The second kappa shape index (κ2) is 7.11. The SMILES string of the molecule is COc1ccccc1C1=C(N2CCCC2)C(=O)N(CC2CCCO2)C1=O. The molecule has 0 aromatic heterocycles. The average Bonchev–Trinajstić information content (AvgIpc) is 3.40. The van der Waals surface area contributed by atoms with Gasteiger partial charge >= 0.3 is 0 Å². The number of carbonyl (C=O) groups is 2. The van der Waals surface area contributed by atoms with Crippen LogP contribution in [0.2, 0.25) is 0 Å². The highest BCUT2D eigenvalue weighted by molar-refractivity contribution is 6.36. The summed E-state index contributed by atoms with van der Waals surface area (Å²) in [6.45, 7) is 2.64. The Labute approximate surface area is 153 Å². The van der Waals surface area contributed by atoms with E-state index >= 15 is 0 Å². The summed E-state index contributed by atoms with van der Waals surface area (Å²) < 4.78 is 11.1. The van der Waals surface area contributed by atoms with Gasteiger partial charge in [-0.2, -0.15) is 0 Å². The summed E-state index contributed by atoms with van der Waals surface area (Å²) in [6, 6.07) is 7.41. The van der Waals surface area contributed by atoms with Gasteiger partial charge < -0.3 is 14.4 Å². The van der Waals surface area contributed by atoms with Crippen molar-refractivity contribution < 1.29 is 19.1 Å². The molecule has 6 nitrogen and oxygen atoms in total. The van der Waals surface area contributed by atoms with Crippen LogP contribution in [-0.4, -0.2) is 61.1 Å². The third-order valence-electron chi connectivity index (χ3n) is 5.35. The number of imide groups is 1. The number of amides is 2. The van der Waals surface area contributed by atoms with Gasteiger partial charge in [0, 0.05) is 25.3 Å². The van der Waals surface area contributed by atoms with Gasteiger partial charge in [-0.3, -0.25) is 14.5 Å². The fraction of sp³-hybridized carbons (Fsp3) is 0.500. The number of nitrogens with zero attached hydrogens (tertiary/aromatic N) is 2. The average molecular weight is 356 g/mol. The molecule has 1 atom stereocenters. The van der Waals surface area contributed by atoms with Crippen molar-refractivity contribution in [3.05, 3.63) is 35.5 Å². The van der Waals surface area contributed by atoms with Gasteiger partial charge in [-0.15, -0.1) is 0 Å². The van der Waals surface area contributed by atoms with E-state index < -0.39 is 0 Å². The first kappa shape index (κ1) is 17.1. The molecule has 3 heterocycles. The van der Waals surface area contributed by atoms with Gasteiger partial charge in [-0.05, 0) is 31.7 Å². The maximum absolute atomic E-state index is 13.2. The standard InChI is InChI=1S/C20H24N2O4/c1-25-16-9-3-2-8-15(16)17-18(21-10-4-5-11-21)20(24)22(19(17)23)13-14-7-6-12-26-14/h2-3,8-9,14H,4-7,10-13H2,1H3. The number of para-hydroxylation sites is 1. The molecule has 2 saturated heterocycles. The Hall–Kier alpha value is -2.34. The molecule has 0 spiro atoms. The van der Waals surface area contributed by atoms with Crippen LogP contribution in [0.3, 0.4) is 0 Å². The summed E-state index contributed by atoms with van der Waals surface area (Å²) in [7, 11) is 1.58. The van der Waals surface area contributed by atoms with Crippen LogP contribution in [0.4, 0.5) is 0 Å². The maximum atomic E-state index is 13.2. The zero-order chi connectivity index (χ0) is 18.1. The number of rotatable bonds is 5. The predicted octanol–water partition coefficient (Wildman–Crippen LogP) is 2.05. The normalized spacial score (nSPS) is 23.5. The van der Waals surface area contributed by atoms with Crippen LogP contribution in [0, 0.1) is 0 Å². The summed E-state index contributed by atoms with van der Waals surface area (Å²) >= 11 is 0. The highest BCUT2D eigenvalue weighted by Gasteiger charge is 2.43. The largest absolute Gasteiger partial charge is 0.496 e. The first-order chi connectivity index (χ1) is 12.7. The van der Waals surface area contributed by atoms with Crippen molar-refractivity contribution in [2.45, 2.75) is 31.8 Å². The highest BCUT2D eigenvalue weighted by Crippen LogP contribution is 2.37. The van der Waals surface area contributed by atoms with Crippen molar-refractivity contribution >= 4 is 17.4 Å². The summed E-state index contributed by atoms with van der Waals surface area (Å²) in [5.74, 6) is 0.171. The van der Waals surface area contributed by atoms with Gasteiger partial charge in [0.2, 0.25) is 0 Å². The monoisotopic (exact) mass is 356 g/mol. The predicted molar refractivity (Wildman–Crippen MR) is 96.4 cm³/mol. The number of hydrogen-bond donors (Lipinski definition) is 0. The van der Waals surface area contributed by atoms with E-state index in [0.717, 1.165) is 38.8 Å². The molecule has 0 aliphatic carbocycles. The first-order valence-electron chi connectivity index (χ1n) is 9.31. The van der Waals surface area contributed by atoms with E-state index in [1.807, 2.05) is 24.3 Å². The van der Waals surface area contributed by atoms with Crippen LogP contribution in [0.25, 0.3) is 5.57 Å². The molecule has 1 unspecified atom stereocenters. The lowest BCUT2D eigenvalue weighted by molar-refractivity contribution is -0.139. The Morgan fingerprint density at radius 1 is 1.12 bits per heavy atom. The van der Waals surface area contributed by atoms with Crippen molar-refractivity contribution in [3.8, 4) is 5.75 Å². The fourth-order valence-corrected chi connectivity index (χ4v) is 4.05.